The molecule has 0 spiro atoms. The second kappa shape index (κ2) is 3.18. The summed E-state index contributed by atoms with van der Waals surface area (Å²) in [7, 11) is 0. The average Bonchev–Trinajstić information content (AvgIpc) is 2.17. The van der Waals surface area contributed by atoms with Gasteiger partial charge in [-0.25, -0.2) is 0 Å². The molecule has 0 aromatic carbocycles. The van der Waals surface area contributed by atoms with Crippen LogP contribution in [-0.2, 0) is 23.7 Å². The molecule has 3 aliphatic rings. The Kier molecular flexibility index (Phi) is 2.25. The number of fused-ring (bicyclic) bond motifs is 3. The van der Waals surface area contributed by atoms with Crippen LogP contribution in [0.25, 0.3) is 0 Å². The Morgan fingerprint density at radius 3 is 2.21 bits per heavy atom. The van der Waals surface area contributed by atoms with Gasteiger partial charge in [-0.05, 0) is 0 Å². The van der Waals surface area contributed by atoms with Gasteiger partial charge in [0, 0.05) is 12.3 Å². The lowest BCUT2D eigenvalue weighted by Crippen LogP contribution is -2.61. The van der Waals surface area contributed by atoms with Crippen molar-refractivity contribution in [2.75, 3.05) is 26.4 Å². The van der Waals surface area contributed by atoms with E-state index < -0.39 is 5.97 Å². The molecule has 0 aromatic heterocycles. The summed E-state index contributed by atoms with van der Waals surface area (Å²) in [6, 6.07) is 0. The van der Waals surface area contributed by atoms with Crippen LogP contribution in [0.2, 0.25) is 0 Å². The summed E-state index contributed by atoms with van der Waals surface area (Å²) in [6.45, 7) is 5.10. The zero-order valence-electron chi connectivity index (χ0n) is 8.37. The predicted octanol–water partition coefficient (Wildman–Crippen LogP) is 0.287. The molecule has 0 saturated carbocycles. The van der Waals surface area contributed by atoms with Crippen LogP contribution in [0.5, 0.6) is 0 Å². The second-order valence-corrected chi connectivity index (χ2v) is 4.14. The highest BCUT2D eigenvalue weighted by atomic mass is 16.9. The molecular formula is C9H14O5. The maximum Gasteiger partial charge on any atom is 0.319 e. The number of ether oxygens (including phenoxy) is 4. The first-order chi connectivity index (χ1) is 6.54. The smallest absolute Gasteiger partial charge is 0.319 e. The second-order valence-electron chi connectivity index (χ2n) is 4.14. The van der Waals surface area contributed by atoms with Crippen molar-refractivity contribution in [3.05, 3.63) is 0 Å². The van der Waals surface area contributed by atoms with Gasteiger partial charge in [0.25, 0.3) is 0 Å². The summed E-state index contributed by atoms with van der Waals surface area (Å²) < 4.78 is 21.0. The van der Waals surface area contributed by atoms with E-state index in [4.69, 9.17) is 18.9 Å². The fourth-order valence-corrected chi connectivity index (χ4v) is 1.42. The molecule has 3 rings (SSSR count). The summed E-state index contributed by atoms with van der Waals surface area (Å²) >= 11 is 0. The maximum atomic E-state index is 10.6. The fraction of sp³-hybridized carbons (Fsp3) is 0.889. The fourth-order valence-electron chi connectivity index (χ4n) is 1.42. The van der Waals surface area contributed by atoms with E-state index in [1.807, 2.05) is 6.92 Å². The van der Waals surface area contributed by atoms with E-state index in [0.29, 0.717) is 19.8 Å². The number of esters is 1. The highest BCUT2D eigenvalue weighted by Crippen LogP contribution is 2.37. The van der Waals surface area contributed by atoms with Crippen molar-refractivity contribution >= 4 is 5.97 Å². The third-order valence-electron chi connectivity index (χ3n) is 2.37. The molecule has 0 N–H and O–H groups in total. The minimum Gasteiger partial charge on any atom is -0.457 e. The number of carbonyl (C=O) groups excluding carboxylic acids is 1. The van der Waals surface area contributed by atoms with Gasteiger partial charge >= 0.3 is 11.9 Å². The zero-order chi connectivity index (χ0) is 10.2. The standard InChI is InChI=1S/C9H14O5/c1-7(10)11-6-9-12-3-8(2,4-13-9)5-14-9/h3-6H2,1-2H3. The number of hydrogen-bond donors (Lipinski definition) is 0. The first kappa shape index (κ1) is 9.89. The summed E-state index contributed by atoms with van der Waals surface area (Å²) in [4.78, 5) is 10.6. The molecule has 3 aliphatic heterocycles. The van der Waals surface area contributed by atoms with Crippen LogP contribution in [0.3, 0.4) is 0 Å². The van der Waals surface area contributed by atoms with Gasteiger partial charge in [-0.1, -0.05) is 6.92 Å². The third-order valence-corrected chi connectivity index (χ3v) is 2.37. The first-order valence-electron chi connectivity index (χ1n) is 4.59. The van der Waals surface area contributed by atoms with Gasteiger partial charge in [0.1, 0.15) is 0 Å². The Balaban J connectivity index is 1.95. The molecule has 2 bridgehead atoms. The lowest BCUT2D eigenvalue weighted by Gasteiger charge is -2.49. The van der Waals surface area contributed by atoms with Gasteiger partial charge in [0.2, 0.25) is 0 Å². The maximum absolute atomic E-state index is 10.6. The zero-order valence-corrected chi connectivity index (χ0v) is 8.37. The Hall–Kier alpha value is -0.650. The Labute approximate surface area is 82.3 Å². The van der Waals surface area contributed by atoms with Crippen molar-refractivity contribution in [1.29, 1.82) is 0 Å². The van der Waals surface area contributed by atoms with Crippen LogP contribution in [0.1, 0.15) is 13.8 Å². The Morgan fingerprint density at radius 2 is 1.79 bits per heavy atom. The van der Waals surface area contributed by atoms with E-state index in [9.17, 15) is 4.79 Å². The van der Waals surface area contributed by atoms with Gasteiger partial charge in [-0.2, -0.15) is 0 Å². The highest BCUT2D eigenvalue weighted by molar-refractivity contribution is 5.65. The summed E-state index contributed by atoms with van der Waals surface area (Å²) in [6.07, 6.45) is 0. The van der Waals surface area contributed by atoms with Crippen molar-refractivity contribution in [3.8, 4) is 0 Å². The molecule has 0 unspecified atom stereocenters. The van der Waals surface area contributed by atoms with Crippen LogP contribution >= 0.6 is 0 Å². The van der Waals surface area contributed by atoms with Crippen LogP contribution < -0.4 is 0 Å². The van der Waals surface area contributed by atoms with E-state index in [-0.39, 0.29) is 18.0 Å². The normalized spacial score (nSPS) is 41.0. The largest absolute Gasteiger partial charge is 0.457 e. The minimum atomic E-state index is -1.15. The lowest BCUT2D eigenvalue weighted by molar-refractivity contribution is -0.472. The minimum absolute atomic E-state index is 0.00157. The molecule has 3 saturated heterocycles. The molecule has 0 radical (unpaired) electrons. The highest BCUT2D eigenvalue weighted by Gasteiger charge is 2.51. The van der Waals surface area contributed by atoms with Gasteiger partial charge in [-0.3, -0.25) is 4.79 Å². The number of rotatable bonds is 2. The number of carbonyl (C=O) groups is 1. The van der Waals surface area contributed by atoms with Crippen molar-refractivity contribution < 1.29 is 23.7 Å². The Morgan fingerprint density at radius 1 is 1.29 bits per heavy atom. The molecule has 0 aromatic rings. The van der Waals surface area contributed by atoms with Crippen LogP contribution in [0, 0.1) is 5.41 Å². The molecule has 0 aliphatic carbocycles. The first-order valence-corrected chi connectivity index (χ1v) is 4.59. The topological polar surface area (TPSA) is 54.0 Å². The van der Waals surface area contributed by atoms with Crippen molar-refractivity contribution in [3.63, 3.8) is 0 Å². The molecule has 0 amide bonds. The van der Waals surface area contributed by atoms with E-state index in [0.717, 1.165) is 0 Å². The summed E-state index contributed by atoms with van der Waals surface area (Å²) in [5, 5.41) is 0. The summed E-state index contributed by atoms with van der Waals surface area (Å²) in [5.41, 5.74) is -0.0576. The van der Waals surface area contributed by atoms with Crippen LogP contribution in [0.15, 0.2) is 0 Å². The van der Waals surface area contributed by atoms with Crippen LogP contribution in [-0.4, -0.2) is 38.4 Å². The molecular weight excluding hydrogens is 188 g/mol. The molecule has 0 atom stereocenters. The molecule has 14 heavy (non-hydrogen) atoms. The van der Waals surface area contributed by atoms with Crippen molar-refractivity contribution in [2.24, 2.45) is 5.41 Å². The quantitative estimate of drug-likeness (QED) is 0.602. The monoisotopic (exact) mass is 202 g/mol. The van der Waals surface area contributed by atoms with Gasteiger partial charge in [0.05, 0.1) is 19.8 Å². The molecule has 80 valence electrons. The van der Waals surface area contributed by atoms with Crippen molar-refractivity contribution in [2.45, 2.75) is 19.8 Å². The van der Waals surface area contributed by atoms with E-state index in [2.05, 4.69) is 0 Å². The van der Waals surface area contributed by atoms with Gasteiger partial charge < -0.3 is 18.9 Å². The Bertz CT molecular complexity index is 225. The number of hydrogen-bond acceptors (Lipinski definition) is 5. The van der Waals surface area contributed by atoms with Gasteiger partial charge in [0.15, 0.2) is 6.61 Å². The van der Waals surface area contributed by atoms with Gasteiger partial charge in [-0.15, -0.1) is 0 Å². The lowest BCUT2D eigenvalue weighted by atomic mass is 9.92. The van der Waals surface area contributed by atoms with Crippen molar-refractivity contribution in [1.82, 2.24) is 0 Å². The van der Waals surface area contributed by atoms with E-state index in [1.165, 1.54) is 6.92 Å². The molecule has 3 heterocycles. The van der Waals surface area contributed by atoms with E-state index in [1.54, 1.807) is 0 Å². The van der Waals surface area contributed by atoms with Crippen LogP contribution in [0.4, 0.5) is 0 Å². The third kappa shape index (κ3) is 1.75. The van der Waals surface area contributed by atoms with E-state index >= 15 is 0 Å². The molecule has 3 fully saturated rings. The average molecular weight is 202 g/mol. The molecule has 5 nitrogen and oxygen atoms in total. The SMILES string of the molecule is CC(=O)OCC12OCC(C)(CO1)CO2. The molecule has 5 heteroatoms. The summed E-state index contributed by atoms with van der Waals surface area (Å²) in [5.74, 6) is -1.52. The predicted molar refractivity (Wildman–Crippen MR) is 45.3 cm³/mol.